The van der Waals surface area contributed by atoms with E-state index in [0.717, 1.165) is 15.8 Å². The third-order valence-electron chi connectivity index (χ3n) is 2.97. The Morgan fingerprint density at radius 1 is 1.22 bits per heavy atom. The Morgan fingerprint density at radius 3 is 2.43 bits per heavy atom. The van der Waals surface area contributed by atoms with Crippen molar-refractivity contribution in [3.63, 3.8) is 0 Å². The first-order valence-electron chi connectivity index (χ1n) is 7.04. The van der Waals surface area contributed by atoms with Gasteiger partial charge in [0.15, 0.2) is 0 Å². The normalized spacial score (nSPS) is 10.7. The highest BCUT2D eigenvalue weighted by molar-refractivity contribution is 9.10. The predicted octanol–water partition coefficient (Wildman–Crippen LogP) is 4.39. The number of halogens is 1. The van der Waals surface area contributed by atoms with Gasteiger partial charge in [0, 0.05) is 10.2 Å². The van der Waals surface area contributed by atoms with Gasteiger partial charge in [-0.05, 0) is 55.0 Å². The Balaban J connectivity index is 2.12. The summed E-state index contributed by atoms with van der Waals surface area (Å²) in [7, 11) is 0. The van der Waals surface area contributed by atoms with E-state index in [0.29, 0.717) is 12.3 Å². The van der Waals surface area contributed by atoms with Crippen LogP contribution in [-0.2, 0) is 4.79 Å². The summed E-state index contributed by atoms with van der Waals surface area (Å²) in [5.41, 5.74) is 1.43. The molecule has 0 aromatic heterocycles. The van der Waals surface area contributed by atoms with Gasteiger partial charge in [-0.15, -0.1) is 0 Å². The van der Waals surface area contributed by atoms with Crippen molar-refractivity contribution >= 4 is 33.6 Å². The molecule has 0 bridgehead atoms. The predicted molar refractivity (Wildman–Crippen MR) is 94.0 cm³/mol. The SMILES string of the molecule is CCOc1ccc(/C=C(/C#N)C(=O)Nc2ccc(Br)cc2)cc1. The number of amides is 1. The van der Waals surface area contributed by atoms with Gasteiger partial charge in [0.25, 0.3) is 5.91 Å². The molecule has 0 saturated carbocycles. The van der Waals surface area contributed by atoms with E-state index in [1.807, 2.05) is 25.1 Å². The number of nitriles is 1. The molecule has 0 saturated heterocycles. The molecule has 0 spiro atoms. The van der Waals surface area contributed by atoms with Crippen molar-refractivity contribution in [3.05, 3.63) is 64.1 Å². The Kier molecular flexibility index (Phi) is 5.95. The lowest BCUT2D eigenvalue weighted by Gasteiger charge is -2.05. The number of ether oxygens (including phenoxy) is 1. The van der Waals surface area contributed by atoms with E-state index in [1.54, 1.807) is 42.5 Å². The monoisotopic (exact) mass is 370 g/mol. The first-order chi connectivity index (χ1) is 11.1. The summed E-state index contributed by atoms with van der Waals surface area (Å²) in [5.74, 6) is 0.311. The highest BCUT2D eigenvalue weighted by Crippen LogP contribution is 2.17. The third kappa shape index (κ3) is 4.97. The van der Waals surface area contributed by atoms with Crippen molar-refractivity contribution in [2.24, 2.45) is 0 Å². The van der Waals surface area contributed by atoms with Crippen LogP contribution in [0.15, 0.2) is 58.6 Å². The van der Waals surface area contributed by atoms with Crippen LogP contribution in [0.1, 0.15) is 12.5 Å². The molecule has 0 heterocycles. The van der Waals surface area contributed by atoms with Gasteiger partial charge in [0.1, 0.15) is 17.4 Å². The van der Waals surface area contributed by atoms with Crippen LogP contribution in [0.3, 0.4) is 0 Å². The van der Waals surface area contributed by atoms with Crippen molar-refractivity contribution in [2.45, 2.75) is 6.92 Å². The fourth-order valence-electron chi connectivity index (χ4n) is 1.87. The summed E-state index contributed by atoms with van der Waals surface area (Å²) < 4.78 is 6.28. The number of rotatable bonds is 5. The standard InChI is InChI=1S/C18H15BrN2O2/c1-2-23-17-9-3-13(4-10-17)11-14(12-20)18(22)21-16-7-5-15(19)6-8-16/h3-11H,2H2,1H3,(H,21,22)/b14-11-. The van der Waals surface area contributed by atoms with Crippen LogP contribution in [0.4, 0.5) is 5.69 Å². The first-order valence-corrected chi connectivity index (χ1v) is 7.83. The van der Waals surface area contributed by atoms with Gasteiger partial charge in [0.05, 0.1) is 6.61 Å². The van der Waals surface area contributed by atoms with E-state index in [9.17, 15) is 10.1 Å². The average Bonchev–Trinajstić information content (AvgIpc) is 2.56. The topological polar surface area (TPSA) is 62.1 Å². The Labute approximate surface area is 143 Å². The lowest BCUT2D eigenvalue weighted by Crippen LogP contribution is -2.13. The van der Waals surface area contributed by atoms with Crippen LogP contribution in [0.5, 0.6) is 5.75 Å². The summed E-state index contributed by atoms with van der Waals surface area (Å²) in [6, 6.07) is 16.3. The number of anilines is 1. The molecule has 23 heavy (non-hydrogen) atoms. The molecule has 0 aliphatic heterocycles. The summed E-state index contributed by atoms with van der Waals surface area (Å²) in [6.07, 6.45) is 1.55. The molecule has 0 aliphatic carbocycles. The maximum Gasteiger partial charge on any atom is 0.266 e. The van der Waals surface area contributed by atoms with E-state index in [-0.39, 0.29) is 5.57 Å². The van der Waals surface area contributed by atoms with Crippen LogP contribution in [-0.4, -0.2) is 12.5 Å². The highest BCUT2D eigenvalue weighted by Gasteiger charge is 2.09. The maximum absolute atomic E-state index is 12.2. The number of benzene rings is 2. The van der Waals surface area contributed by atoms with Crippen molar-refractivity contribution in [3.8, 4) is 11.8 Å². The van der Waals surface area contributed by atoms with Crippen molar-refractivity contribution in [2.75, 3.05) is 11.9 Å². The van der Waals surface area contributed by atoms with Crippen LogP contribution in [0.25, 0.3) is 6.08 Å². The minimum Gasteiger partial charge on any atom is -0.494 e. The van der Waals surface area contributed by atoms with Gasteiger partial charge in [0.2, 0.25) is 0 Å². The largest absolute Gasteiger partial charge is 0.494 e. The minimum absolute atomic E-state index is 0.0390. The van der Waals surface area contributed by atoms with E-state index < -0.39 is 5.91 Å². The highest BCUT2D eigenvalue weighted by atomic mass is 79.9. The van der Waals surface area contributed by atoms with Crippen molar-refractivity contribution in [1.82, 2.24) is 0 Å². The number of hydrogen-bond acceptors (Lipinski definition) is 3. The molecule has 1 amide bonds. The number of carbonyl (C=O) groups excluding carboxylic acids is 1. The zero-order valence-corrected chi connectivity index (χ0v) is 14.1. The molecule has 0 fully saturated rings. The second kappa shape index (κ2) is 8.16. The average molecular weight is 371 g/mol. The van der Waals surface area contributed by atoms with E-state index in [1.165, 1.54) is 0 Å². The van der Waals surface area contributed by atoms with Crippen LogP contribution in [0, 0.1) is 11.3 Å². The Bertz CT molecular complexity index is 744. The van der Waals surface area contributed by atoms with Gasteiger partial charge in [-0.25, -0.2) is 0 Å². The lowest BCUT2D eigenvalue weighted by atomic mass is 10.1. The Hall–Kier alpha value is -2.58. The van der Waals surface area contributed by atoms with Crippen molar-refractivity contribution in [1.29, 1.82) is 5.26 Å². The number of nitrogens with zero attached hydrogens (tertiary/aromatic N) is 1. The third-order valence-corrected chi connectivity index (χ3v) is 3.50. The van der Waals surface area contributed by atoms with Gasteiger partial charge in [-0.1, -0.05) is 28.1 Å². The molecule has 0 radical (unpaired) electrons. The molecule has 4 nitrogen and oxygen atoms in total. The van der Waals surface area contributed by atoms with Crippen LogP contribution < -0.4 is 10.1 Å². The van der Waals surface area contributed by atoms with E-state index in [4.69, 9.17) is 4.74 Å². The van der Waals surface area contributed by atoms with Gasteiger partial charge in [-0.2, -0.15) is 5.26 Å². The lowest BCUT2D eigenvalue weighted by molar-refractivity contribution is -0.112. The summed E-state index contributed by atoms with van der Waals surface area (Å²) in [6.45, 7) is 2.50. The molecule has 0 unspecified atom stereocenters. The van der Waals surface area contributed by atoms with Gasteiger partial charge >= 0.3 is 0 Å². The molecule has 2 aromatic carbocycles. The second-order valence-corrected chi connectivity index (χ2v) is 5.55. The molecule has 1 N–H and O–H groups in total. The minimum atomic E-state index is -0.441. The van der Waals surface area contributed by atoms with Gasteiger partial charge in [-0.3, -0.25) is 4.79 Å². The molecule has 2 aromatic rings. The molecule has 5 heteroatoms. The van der Waals surface area contributed by atoms with Crippen LogP contribution >= 0.6 is 15.9 Å². The molecule has 0 atom stereocenters. The smallest absolute Gasteiger partial charge is 0.266 e. The molecular weight excluding hydrogens is 356 g/mol. The summed E-state index contributed by atoms with van der Waals surface area (Å²) in [4.78, 5) is 12.2. The second-order valence-electron chi connectivity index (χ2n) is 4.63. The summed E-state index contributed by atoms with van der Waals surface area (Å²) in [5, 5.41) is 11.9. The van der Waals surface area contributed by atoms with Gasteiger partial charge < -0.3 is 10.1 Å². The quantitative estimate of drug-likeness (QED) is 0.626. The Morgan fingerprint density at radius 2 is 1.87 bits per heavy atom. The maximum atomic E-state index is 12.2. The van der Waals surface area contributed by atoms with Crippen molar-refractivity contribution < 1.29 is 9.53 Å². The van der Waals surface area contributed by atoms with E-state index >= 15 is 0 Å². The number of nitrogens with one attached hydrogen (secondary N) is 1. The molecule has 116 valence electrons. The molecular formula is C18H15BrN2O2. The van der Waals surface area contributed by atoms with E-state index in [2.05, 4.69) is 21.2 Å². The summed E-state index contributed by atoms with van der Waals surface area (Å²) >= 11 is 3.33. The zero-order valence-electron chi connectivity index (χ0n) is 12.5. The number of hydrogen-bond donors (Lipinski definition) is 1. The van der Waals surface area contributed by atoms with Crippen LogP contribution in [0.2, 0.25) is 0 Å². The zero-order chi connectivity index (χ0) is 16.7. The number of carbonyl (C=O) groups is 1. The molecule has 0 aliphatic rings. The first kappa shape index (κ1) is 16.8. The fourth-order valence-corrected chi connectivity index (χ4v) is 2.14. The fraction of sp³-hybridized carbons (Fsp3) is 0.111. The molecule has 2 rings (SSSR count).